The van der Waals surface area contributed by atoms with Crippen molar-refractivity contribution < 1.29 is 4.57 Å². The predicted octanol–water partition coefficient (Wildman–Crippen LogP) is 4.21. The fourth-order valence-electron chi connectivity index (χ4n) is 3.25. The van der Waals surface area contributed by atoms with Crippen molar-refractivity contribution in [3.8, 4) is 34.7 Å². The van der Waals surface area contributed by atoms with Crippen molar-refractivity contribution in [2.75, 3.05) is 0 Å². The van der Waals surface area contributed by atoms with E-state index in [2.05, 4.69) is 41.8 Å². The molecule has 3 rings (SSSR count). The van der Waals surface area contributed by atoms with Crippen molar-refractivity contribution in [3.63, 3.8) is 0 Å². The lowest BCUT2D eigenvalue weighted by Gasteiger charge is -2.11. The molecule has 0 N–H and O–H groups in total. The molecule has 2 aromatic carbocycles. The maximum Gasteiger partial charge on any atom is 0.214 e. The molecule has 0 amide bonds. The minimum absolute atomic E-state index is 0.510. The maximum atomic E-state index is 9.58. The van der Waals surface area contributed by atoms with E-state index in [1.54, 1.807) is 6.07 Å². The van der Waals surface area contributed by atoms with Gasteiger partial charge in [-0.25, -0.2) is 0 Å². The minimum atomic E-state index is 0.510. The average Bonchev–Trinajstić information content (AvgIpc) is 2.62. The number of nitriles is 2. The topological polar surface area (TPSA) is 51.5 Å². The van der Waals surface area contributed by atoms with Gasteiger partial charge in [0.2, 0.25) is 11.4 Å². The van der Waals surface area contributed by atoms with Gasteiger partial charge in [-0.3, -0.25) is 0 Å². The van der Waals surface area contributed by atoms with Crippen molar-refractivity contribution in [2.24, 2.45) is 7.05 Å². The summed E-state index contributed by atoms with van der Waals surface area (Å²) in [5.74, 6) is 0. The summed E-state index contributed by atoms with van der Waals surface area (Å²) in [4.78, 5) is 0. The van der Waals surface area contributed by atoms with Gasteiger partial charge in [-0.15, -0.1) is 0 Å². The molecule has 0 unspecified atom stereocenters. The third-order valence-electron chi connectivity index (χ3n) is 4.49. The summed E-state index contributed by atoms with van der Waals surface area (Å²) in [5.41, 5.74) is 7.24. The number of aromatic nitrogens is 1. The van der Waals surface area contributed by atoms with E-state index in [4.69, 9.17) is 5.26 Å². The molecule has 3 nitrogen and oxygen atoms in total. The molecular weight excluding hydrogens is 306 g/mol. The summed E-state index contributed by atoms with van der Waals surface area (Å²) in [7, 11) is 2.01. The second-order valence-electron chi connectivity index (χ2n) is 6.11. The predicted molar refractivity (Wildman–Crippen MR) is 97.4 cm³/mol. The number of nitrogens with zero attached hydrogens (tertiary/aromatic N) is 3. The van der Waals surface area contributed by atoms with Crippen LogP contribution in [0.1, 0.15) is 22.3 Å². The molecule has 120 valence electrons. The molecule has 0 radical (unpaired) electrons. The second kappa shape index (κ2) is 6.59. The van der Waals surface area contributed by atoms with Gasteiger partial charge >= 0.3 is 0 Å². The van der Waals surface area contributed by atoms with Crippen molar-refractivity contribution in [1.82, 2.24) is 0 Å². The first-order valence-corrected chi connectivity index (χ1v) is 8.07. The Morgan fingerprint density at radius 3 is 2.20 bits per heavy atom. The number of pyridine rings is 1. The quantitative estimate of drug-likeness (QED) is 0.663. The SMILES string of the molecule is Cc1ccccc1-c1cccc(-c2c(C)cc(C#N)cc2C#N)[n+]1C. The fraction of sp³-hybridized carbons (Fsp3) is 0.136. The van der Waals surface area contributed by atoms with Crippen molar-refractivity contribution in [2.45, 2.75) is 13.8 Å². The molecule has 0 spiro atoms. The van der Waals surface area contributed by atoms with Gasteiger partial charge in [0.15, 0.2) is 0 Å². The van der Waals surface area contributed by atoms with E-state index in [9.17, 15) is 5.26 Å². The number of hydrogen-bond acceptors (Lipinski definition) is 2. The molecule has 25 heavy (non-hydrogen) atoms. The van der Waals surface area contributed by atoms with Crippen LogP contribution in [0.5, 0.6) is 0 Å². The van der Waals surface area contributed by atoms with E-state index < -0.39 is 0 Å². The van der Waals surface area contributed by atoms with Gasteiger partial charge in [-0.1, -0.05) is 18.2 Å². The van der Waals surface area contributed by atoms with Crippen LogP contribution in [0.4, 0.5) is 0 Å². The monoisotopic (exact) mass is 324 g/mol. The van der Waals surface area contributed by atoms with Gasteiger partial charge < -0.3 is 0 Å². The average molecular weight is 324 g/mol. The van der Waals surface area contributed by atoms with Crippen LogP contribution in [-0.4, -0.2) is 0 Å². The molecule has 0 aliphatic heterocycles. The molecular formula is C22H18N3+. The molecule has 0 aliphatic carbocycles. The summed E-state index contributed by atoms with van der Waals surface area (Å²) >= 11 is 0. The van der Waals surface area contributed by atoms with E-state index in [1.165, 1.54) is 5.56 Å². The van der Waals surface area contributed by atoms with Gasteiger partial charge in [-0.05, 0) is 49.2 Å². The van der Waals surface area contributed by atoms with Crippen LogP contribution in [0.25, 0.3) is 22.5 Å². The Morgan fingerprint density at radius 2 is 1.52 bits per heavy atom. The van der Waals surface area contributed by atoms with E-state index in [0.29, 0.717) is 11.1 Å². The maximum absolute atomic E-state index is 9.58. The van der Waals surface area contributed by atoms with E-state index in [0.717, 1.165) is 28.1 Å². The van der Waals surface area contributed by atoms with E-state index in [1.807, 2.05) is 44.3 Å². The van der Waals surface area contributed by atoms with Crippen molar-refractivity contribution in [1.29, 1.82) is 10.5 Å². The minimum Gasteiger partial charge on any atom is -0.194 e. The van der Waals surface area contributed by atoms with Crippen LogP contribution in [0.15, 0.2) is 54.6 Å². The molecule has 0 saturated carbocycles. The summed E-state index contributed by atoms with van der Waals surface area (Å²) in [6, 6.07) is 22.2. The number of aryl methyl sites for hydroxylation is 2. The van der Waals surface area contributed by atoms with Crippen LogP contribution in [0.2, 0.25) is 0 Å². The van der Waals surface area contributed by atoms with Crippen LogP contribution >= 0.6 is 0 Å². The van der Waals surface area contributed by atoms with Gasteiger partial charge in [0.05, 0.1) is 22.8 Å². The summed E-state index contributed by atoms with van der Waals surface area (Å²) in [6.45, 7) is 4.03. The molecule has 3 aromatic rings. The Kier molecular flexibility index (Phi) is 4.33. The Morgan fingerprint density at radius 1 is 0.800 bits per heavy atom. The fourth-order valence-corrected chi connectivity index (χ4v) is 3.25. The number of hydrogen-bond donors (Lipinski definition) is 0. The Bertz CT molecular complexity index is 1050. The molecule has 0 aliphatic rings. The van der Waals surface area contributed by atoms with Gasteiger partial charge in [0, 0.05) is 17.7 Å². The van der Waals surface area contributed by atoms with Gasteiger partial charge in [-0.2, -0.15) is 15.1 Å². The first-order valence-electron chi connectivity index (χ1n) is 8.07. The first kappa shape index (κ1) is 16.4. The van der Waals surface area contributed by atoms with Crippen molar-refractivity contribution >= 4 is 0 Å². The third kappa shape index (κ3) is 2.89. The summed E-state index contributed by atoms with van der Waals surface area (Å²) in [6.07, 6.45) is 0. The normalized spacial score (nSPS) is 10.1. The second-order valence-corrected chi connectivity index (χ2v) is 6.11. The van der Waals surface area contributed by atoms with Crippen LogP contribution in [-0.2, 0) is 7.05 Å². The molecule has 3 heteroatoms. The Labute approximate surface area is 148 Å². The molecule has 0 fully saturated rings. The highest BCUT2D eigenvalue weighted by Crippen LogP contribution is 2.28. The van der Waals surface area contributed by atoms with E-state index >= 15 is 0 Å². The highest BCUT2D eigenvalue weighted by Gasteiger charge is 2.21. The zero-order valence-electron chi connectivity index (χ0n) is 14.5. The van der Waals surface area contributed by atoms with Crippen LogP contribution < -0.4 is 4.57 Å². The third-order valence-corrected chi connectivity index (χ3v) is 4.49. The standard InChI is InChI=1S/C22H18N3/c1-15-7-4-5-8-19(15)20-9-6-10-21(25(20)3)22-16(2)11-17(13-23)12-18(22)14-24/h4-12H,1-3H3/q+1. The molecule has 0 saturated heterocycles. The Hall–Kier alpha value is -3.43. The first-order chi connectivity index (χ1) is 12.1. The van der Waals surface area contributed by atoms with Crippen LogP contribution in [0, 0.1) is 36.5 Å². The zero-order valence-corrected chi connectivity index (χ0v) is 14.5. The lowest BCUT2D eigenvalue weighted by Crippen LogP contribution is -2.34. The highest BCUT2D eigenvalue weighted by atomic mass is 14.9. The molecule has 1 aromatic heterocycles. The molecule has 0 atom stereocenters. The van der Waals surface area contributed by atoms with E-state index in [-0.39, 0.29) is 0 Å². The van der Waals surface area contributed by atoms with Crippen molar-refractivity contribution in [3.05, 3.63) is 76.9 Å². The lowest BCUT2D eigenvalue weighted by atomic mass is 9.95. The number of benzene rings is 2. The zero-order chi connectivity index (χ0) is 18.0. The van der Waals surface area contributed by atoms with Gasteiger partial charge in [0.1, 0.15) is 13.1 Å². The smallest absolute Gasteiger partial charge is 0.194 e. The summed E-state index contributed by atoms with van der Waals surface area (Å²) in [5, 5.41) is 18.7. The molecule has 0 bridgehead atoms. The lowest BCUT2D eigenvalue weighted by molar-refractivity contribution is -0.649. The number of rotatable bonds is 2. The summed E-state index contributed by atoms with van der Waals surface area (Å²) < 4.78 is 2.11. The van der Waals surface area contributed by atoms with Crippen LogP contribution in [0.3, 0.4) is 0 Å². The Balaban J connectivity index is 2.29. The van der Waals surface area contributed by atoms with Gasteiger partial charge in [0.25, 0.3) is 0 Å². The highest BCUT2D eigenvalue weighted by molar-refractivity contribution is 5.72. The largest absolute Gasteiger partial charge is 0.214 e. The molecule has 1 heterocycles.